The van der Waals surface area contributed by atoms with Crippen LogP contribution in [0.15, 0.2) is 0 Å². The fourth-order valence-corrected chi connectivity index (χ4v) is 10.5. The quantitative estimate of drug-likeness (QED) is 0.0615. The van der Waals surface area contributed by atoms with Crippen LogP contribution in [0.1, 0.15) is 317 Å². The molecule has 1 rings (SSSR count). The van der Waals surface area contributed by atoms with Crippen LogP contribution < -0.4 is 0 Å². The predicted molar refractivity (Wildman–Crippen MR) is 296 cm³/mol. The molecule has 1 saturated heterocycles. The van der Waals surface area contributed by atoms with Gasteiger partial charge in [-0.05, 0) is 70.9 Å². The van der Waals surface area contributed by atoms with E-state index in [1.807, 2.05) is 0 Å². The van der Waals surface area contributed by atoms with E-state index in [1.165, 1.54) is 205 Å². The maximum Gasteiger partial charge on any atom is 0.222 e. The van der Waals surface area contributed by atoms with Gasteiger partial charge in [0.1, 0.15) is 0 Å². The molecule has 0 unspecified atom stereocenters. The highest BCUT2D eigenvalue weighted by Crippen LogP contribution is 2.20. The highest BCUT2D eigenvalue weighted by molar-refractivity contribution is 5.76. The first-order valence-corrected chi connectivity index (χ1v) is 31.0. The van der Waals surface area contributed by atoms with Crippen LogP contribution in [0.2, 0.25) is 0 Å². The van der Waals surface area contributed by atoms with E-state index < -0.39 is 0 Å². The summed E-state index contributed by atoms with van der Waals surface area (Å²) in [5, 5.41) is 11.0. The van der Waals surface area contributed by atoms with Crippen molar-refractivity contribution >= 4 is 11.8 Å². The molecule has 1 heterocycles. The number of carbonyl (C=O) groups excluding carboxylic acids is 2. The summed E-state index contributed by atoms with van der Waals surface area (Å²) in [6, 6.07) is 0.0974. The lowest BCUT2D eigenvalue weighted by Crippen LogP contribution is -2.50. The Bertz CT molecular complexity index is 948. The molecule has 2 amide bonds. The summed E-state index contributed by atoms with van der Waals surface area (Å²) in [6.45, 7) is 16.3. The maximum absolute atomic E-state index is 13.5. The second-order valence-corrected chi connectivity index (χ2v) is 21.7. The highest BCUT2D eigenvalue weighted by atomic mass is 16.5. The molecular formula is C61H121N3O4. The Morgan fingerprint density at radius 2 is 0.618 bits per heavy atom. The van der Waals surface area contributed by atoms with Gasteiger partial charge < -0.3 is 19.6 Å². The average Bonchev–Trinajstić information content (AvgIpc) is 3.34. The van der Waals surface area contributed by atoms with E-state index in [-0.39, 0.29) is 12.1 Å². The molecule has 0 aliphatic carbocycles. The van der Waals surface area contributed by atoms with Gasteiger partial charge in [0.15, 0.2) is 0 Å². The molecule has 2 atom stereocenters. The topological polar surface area (TPSA) is 73.3 Å². The number of carbonyl (C=O) groups is 2. The lowest BCUT2D eigenvalue weighted by Gasteiger charge is -2.37. The molecule has 0 aromatic carbocycles. The summed E-state index contributed by atoms with van der Waals surface area (Å²) >= 11 is 0. The normalized spacial score (nSPS) is 15.1. The van der Waals surface area contributed by atoms with Crippen LogP contribution in [-0.2, 0) is 14.3 Å². The summed E-state index contributed by atoms with van der Waals surface area (Å²) in [5.74, 6) is 0.787. The van der Waals surface area contributed by atoms with E-state index in [9.17, 15) is 14.7 Å². The van der Waals surface area contributed by atoms with Crippen molar-refractivity contribution in [3.63, 3.8) is 0 Å². The Morgan fingerprint density at radius 1 is 0.368 bits per heavy atom. The summed E-state index contributed by atoms with van der Waals surface area (Å²) in [6.07, 6.45) is 55.1. The Labute approximate surface area is 425 Å². The van der Waals surface area contributed by atoms with Gasteiger partial charge in [0.05, 0.1) is 18.8 Å². The number of hydrogen-bond donors (Lipinski definition) is 1. The lowest BCUT2D eigenvalue weighted by molar-refractivity contribution is -0.132. The Balaban J connectivity index is 2.45. The average molecular weight is 961 g/mol. The lowest BCUT2D eigenvalue weighted by atomic mass is 10.0. The molecule has 0 radical (unpaired) electrons. The van der Waals surface area contributed by atoms with Crippen LogP contribution >= 0.6 is 0 Å². The van der Waals surface area contributed by atoms with Crippen molar-refractivity contribution in [2.45, 2.75) is 329 Å². The second-order valence-electron chi connectivity index (χ2n) is 21.7. The van der Waals surface area contributed by atoms with Gasteiger partial charge in [-0.15, -0.1) is 0 Å². The number of ether oxygens (including phenoxy) is 1. The predicted octanol–water partition coefficient (Wildman–Crippen LogP) is 17.3. The SMILES string of the molecule is CCCCCCCCCCN(CCCCCCCCCC)C(=O)CCCCCCCN(CCCCCCCC(=O)N(CCCCCCCCCC)CCCCCCCCCC)[C@H]1COCC[C@H]1O. The smallest absolute Gasteiger partial charge is 0.222 e. The highest BCUT2D eigenvalue weighted by Gasteiger charge is 2.29. The number of aliphatic hydroxyl groups is 1. The molecule has 7 heteroatoms. The number of hydrogen-bond acceptors (Lipinski definition) is 5. The molecule has 7 nitrogen and oxygen atoms in total. The molecule has 1 aliphatic rings. The van der Waals surface area contributed by atoms with E-state index in [4.69, 9.17) is 4.74 Å². The number of aliphatic hydroxyl groups excluding tert-OH is 1. The van der Waals surface area contributed by atoms with Crippen LogP contribution in [0.4, 0.5) is 0 Å². The van der Waals surface area contributed by atoms with Crippen molar-refractivity contribution < 1.29 is 19.4 Å². The number of unbranched alkanes of at least 4 members (excludes halogenated alkanes) is 36. The van der Waals surface area contributed by atoms with Crippen LogP contribution in [0.25, 0.3) is 0 Å². The Hall–Kier alpha value is -1.18. The van der Waals surface area contributed by atoms with Crippen molar-refractivity contribution in [2.24, 2.45) is 0 Å². The van der Waals surface area contributed by atoms with E-state index in [0.29, 0.717) is 37.9 Å². The van der Waals surface area contributed by atoms with Crippen molar-refractivity contribution in [3.05, 3.63) is 0 Å². The Morgan fingerprint density at radius 3 is 0.897 bits per heavy atom. The third-order valence-corrected chi connectivity index (χ3v) is 15.3. The van der Waals surface area contributed by atoms with Gasteiger partial charge in [0.25, 0.3) is 0 Å². The van der Waals surface area contributed by atoms with Gasteiger partial charge in [-0.1, -0.05) is 246 Å². The van der Waals surface area contributed by atoms with Crippen LogP contribution in [0.3, 0.4) is 0 Å². The van der Waals surface area contributed by atoms with Crippen molar-refractivity contribution in [3.8, 4) is 0 Å². The van der Waals surface area contributed by atoms with Gasteiger partial charge in [-0.2, -0.15) is 0 Å². The van der Waals surface area contributed by atoms with Crippen LogP contribution in [-0.4, -0.2) is 96.2 Å². The molecule has 0 spiro atoms. The summed E-state index contributed by atoms with van der Waals surface area (Å²) in [4.78, 5) is 33.9. The summed E-state index contributed by atoms with van der Waals surface area (Å²) in [7, 11) is 0. The molecule has 68 heavy (non-hydrogen) atoms. The standard InChI is InChI=1S/C61H121N3O4/c1-5-9-13-17-21-25-33-43-52-63(53-44-34-26-22-18-14-10-6-2)60(66)47-39-31-29-37-41-50-62(58-57-68-56-49-59(58)65)51-42-38-30-32-40-48-61(67)64(54-45-35-27-23-19-15-11-7-3)55-46-36-28-24-20-16-12-8-4/h58-59,65H,5-57H2,1-4H3/t58-,59+/m0/s1. The fourth-order valence-electron chi connectivity index (χ4n) is 10.5. The largest absolute Gasteiger partial charge is 0.391 e. The first-order valence-electron chi connectivity index (χ1n) is 31.0. The third-order valence-electron chi connectivity index (χ3n) is 15.3. The minimum Gasteiger partial charge on any atom is -0.391 e. The van der Waals surface area contributed by atoms with Gasteiger partial charge in [0.2, 0.25) is 11.8 Å². The van der Waals surface area contributed by atoms with Crippen molar-refractivity contribution in [1.82, 2.24) is 14.7 Å². The zero-order valence-electron chi connectivity index (χ0n) is 46.6. The number of amides is 2. The molecule has 404 valence electrons. The Kier molecular flexibility index (Phi) is 48.4. The summed E-state index contributed by atoms with van der Waals surface area (Å²) < 4.78 is 5.88. The van der Waals surface area contributed by atoms with Gasteiger partial charge in [-0.25, -0.2) is 0 Å². The minimum absolute atomic E-state index is 0.0974. The molecule has 0 aromatic rings. The maximum atomic E-state index is 13.5. The van der Waals surface area contributed by atoms with Gasteiger partial charge >= 0.3 is 0 Å². The number of nitrogens with zero attached hydrogens (tertiary/aromatic N) is 3. The van der Waals surface area contributed by atoms with Gasteiger partial charge in [-0.3, -0.25) is 14.5 Å². The van der Waals surface area contributed by atoms with Gasteiger partial charge in [0, 0.05) is 45.6 Å². The number of rotatable bonds is 53. The fraction of sp³-hybridized carbons (Fsp3) is 0.967. The summed E-state index contributed by atoms with van der Waals surface area (Å²) in [5.41, 5.74) is 0. The molecular weight excluding hydrogens is 839 g/mol. The van der Waals surface area contributed by atoms with E-state index in [0.717, 1.165) is 110 Å². The zero-order chi connectivity index (χ0) is 49.2. The molecule has 1 fully saturated rings. The third kappa shape index (κ3) is 39.4. The molecule has 1 N–H and O–H groups in total. The van der Waals surface area contributed by atoms with Crippen molar-refractivity contribution in [1.29, 1.82) is 0 Å². The van der Waals surface area contributed by atoms with E-state index in [2.05, 4.69) is 42.4 Å². The monoisotopic (exact) mass is 960 g/mol. The molecule has 0 saturated carbocycles. The van der Waals surface area contributed by atoms with E-state index >= 15 is 0 Å². The van der Waals surface area contributed by atoms with Crippen LogP contribution in [0.5, 0.6) is 0 Å². The molecule has 1 aliphatic heterocycles. The zero-order valence-corrected chi connectivity index (χ0v) is 46.6. The minimum atomic E-state index is -0.306. The first-order chi connectivity index (χ1) is 33.5. The first kappa shape index (κ1) is 64.8. The second kappa shape index (κ2) is 50.7. The van der Waals surface area contributed by atoms with Crippen LogP contribution in [0, 0.1) is 0 Å². The van der Waals surface area contributed by atoms with E-state index in [1.54, 1.807) is 0 Å². The van der Waals surface area contributed by atoms with Crippen molar-refractivity contribution in [2.75, 3.05) is 52.5 Å². The molecule has 0 bridgehead atoms. The molecule has 0 aromatic heterocycles.